The van der Waals surface area contributed by atoms with Crippen molar-refractivity contribution in [2.75, 3.05) is 0 Å². The van der Waals surface area contributed by atoms with Crippen molar-refractivity contribution >= 4 is 11.0 Å². The zero-order valence-corrected chi connectivity index (χ0v) is 5.07. The molecule has 0 saturated heterocycles. The Bertz CT molecular complexity index is 91.7. The maximum Gasteiger partial charge on any atom is 0.0955 e. The van der Waals surface area contributed by atoms with Crippen LogP contribution in [0.2, 0.25) is 0 Å². The minimum absolute atomic E-state index is 0.0833. The van der Waals surface area contributed by atoms with Gasteiger partial charge in [0.15, 0.2) is 0 Å². The van der Waals surface area contributed by atoms with E-state index in [1.807, 2.05) is 0 Å². The zero-order valence-electron chi connectivity index (χ0n) is 4.26. The molecule has 2 unspecified atom stereocenters. The third-order valence-electron chi connectivity index (χ3n) is 0.698. The summed E-state index contributed by atoms with van der Waals surface area (Å²) in [7, 11) is -1.23. The molecule has 0 spiro atoms. The van der Waals surface area contributed by atoms with Gasteiger partial charge < -0.3 is 0 Å². The Labute approximate surface area is 46.0 Å². The Morgan fingerprint density at radius 3 is 2.43 bits per heavy atom. The van der Waals surface area contributed by atoms with E-state index in [2.05, 4.69) is 6.58 Å². The fraction of sp³-hybridized carbons (Fsp3) is 0.500. The lowest BCUT2D eigenvalue weighted by Gasteiger charge is -1.95. The lowest BCUT2D eigenvalue weighted by Crippen LogP contribution is -2.14. The van der Waals surface area contributed by atoms with E-state index < -0.39 is 11.0 Å². The third kappa shape index (κ3) is 2.53. The standard InChI is InChI=1S/C4H9NOS/c1-3-4(2)7(5)6/h3-4H,1,5H2,2H3. The van der Waals surface area contributed by atoms with Gasteiger partial charge in [-0.2, -0.15) is 0 Å². The van der Waals surface area contributed by atoms with Crippen LogP contribution in [0.4, 0.5) is 0 Å². The predicted molar refractivity (Wildman–Crippen MR) is 32.0 cm³/mol. The molecule has 2 nitrogen and oxygen atoms in total. The fourth-order valence-corrected chi connectivity index (χ4v) is 0.285. The van der Waals surface area contributed by atoms with Gasteiger partial charge in [-0.15, -0.1) is 6.58 Å². The van der Waals surface area contributed by atoms with Gasteiger partial charge in [-0.25, -0.2) is 4.21 Å². The molecule has 0 aliphatic carbocycles. The molecule has 0 aromatic rings. The lowest BCUT2D eigenvalue weighted by molar-refractivity contribution is 0.681. The van der Waals surface area contributed by atoms with E-state index in [1.165, 1.54) is 0 Å². The Morgan fingerprint density at radius 2 is 2.43 bits per heavy atom. The van der Waals surface area contributed by atoms with E-state index in [9.17, 15) is 4.21 Å². The van der Waals surface area contributed by atoms with Gasteiger partial charge in [-0.05, 0) is 6.92 Å². The summed E-state index contributed by atoms with van der Waals surface area (Å²) in [4.78, 5) is 0. The molecule has 0 amide bonds. The van der Waals surface area contributed by atoms with E-state index in [-0.39, 0.29) is 5.25 Å². The van der Waals surface area contributed by atoms with Crippen LogP contribution >= 0.6 is 0 Å². The predicted octanol–water partition coefficient (Wildman–Crippen LogP) is 0.183. The molecule has 0 fully saturated rings. The van der Waals surface area contributed by atoms with Gasteiger partial charge in [0.2, 0.25) is 0 Å². The first-order chi connectivity index (χ1) is 3.18. The first-order valence-electron chi connectivity index (χ1n) is 1.96. The highest BCUT2D eigenvalue weighted by Gasteiger charge is 1.96. The minimum atomic E-state index is -1.23. The second-order valence-corrected chi connectivity index (χ2v) is 2.67. The van der Waals surface area contributed by atoms with Gasteiger partial charge in [0.1, 0.15) is 0 Å². The van der Waals surface area contributed by atoms with Gasteiger partial charge in [-0.3, -0.25) is 5.14 Å². The molecule has 0 saturated carbocycles. The summed E-state index contributed by atoms with van der Waals surface area (Å²) in [6.07, 6.45) is 1.57. The van der Waals surface area contributed by atoms with E-state index in [0.717, 1.165) is 0 Å². The quantitative estimate of drug-likeness (QED) is 0.518. The van der Waals surface area contributed by atoms with Crippen molar-refractivity contribution in [3.63, 3.8) is 0 Å². The second kappa shape index (κ2) is 2.93. The summed E-state index contributed by atoms with van der Waals surface area (Å²) in [6, 6.07) is 0. The van der Waals surface area contributed by atoms with Crippen molar-refractivity contribution < 1.29 is 4.21 Å². The molecule has 0 aromatic carbocycles. The van der Waals surface area contributed by atoms with Gasteiger partial charge in [-0.1, -0.05) is 6.08 Å². The van der Waals surface area contributed by atoms with Gasteiger partial charge in [0.05, 0.1) is 16.2 Å². The van der Waals surface area contributed by atoms with Crippen molar-refractivity contribution in [2.45, 2.75) is 12.2 Å². The van der Waals surface area contributed by atoms with E-state index >= 15 is 0 Å². The third-order valence-corrected chi connectivity index (χ3v) is 1.62. The van der Waals surface area contributed by atoms with E-state index in [4.69, 9.17) is 5.14 Å². The van der Waals surface area contributed by atoms with Crippen LogP contribution < -0.4 is 5.14 Å². The van der Waals surface area contributed by atoms with Crippen LogP contribution in [-0.4, -0.2) is 9.46 Å². The lowest BCUT2D eigenvalue weighted by atomic mass is 10.5. The Kier molecular flexibility index (Phi) is 2.87. The summed E-state index contributed by atoms with van der Waals surface area (Å²) in [5, 5.41) is 4.86. The fourth-order valence-electron chi connectivity index (χ4n) is 0.0948. The summed E-state index contributed by atoms with van der Waals surface area (Å²) >= 11 is 0. The normalized spacial score (nSPS) is 18.0. The summed E-state index contributed by atoms with van der Waals surface area (Å²) < 4.78 is 10.2. The summed E-state index contributed by atoms with van der Waals surface area (Å²) in [5.41, 5.74) is 0. The highest BCUT2D eigenvalue weighted by atomic mass is 32.2. The Hall–Kier alpha value is -0.150. The highest BCUT2D eigenvalue weighted by Crippen LogP contribution is 1.86. The number of hydrogen-bond acceptors (Lipinski definition) is 1. The molecule has 0 aliphatic rings. The molecule has 0 aromatic heterocycles. The van der Waals surface area contributed by atoms with Crippen LogP contribution in [0.5, 0.6) is 0 Å². The average Bonchev–Trinajstić information content (AvgIpc) is 1.65. The zero-order chi connectivity index (χ0) is 5.86. The Balaban J connectivity index is 3.55. The Morgan fingerprint density at radius 1 is 2.00 bits per heavy atom. The molecule has 0 aliphatic heterocycles. The van der Waals surface area contributed by atoms with Crippen molar-refractivity contribution in [1.82, 2.24) is 0 Å². The van der Waals surface area contributed by atoms with Crippen LogP contribution in [0.15, 0.2) is 12.7 Å². The molecule has 0 bridgehead atoms. The average molecular weight is 119 g/mol. The van der Waals surface area contributed by atoms with Crippen LogP contribution in [0.3, 0.4) is 0 Å². The molecule has 3 heteroatoms. The molecule has 0 rings (SSSR count). The molecular weight excluding hydrogens is 110 g/mol. The largest absolute Gasteiger partial charge is 0.251 e. The van der Waals surface area contributed by atoms with Crippen molar-refractivity contribution in [3.05, 3.63) is 12.7 Å². The van der Waals surface area contributed by atoms with Gasteiger partial charge in [0, 0.05) is 0 Å². The monoisotopic (exact) mass is 119 g/mol. The topological polar surface area (TPSA) is 43.1 Å². The maximum atomic E-state index is 10.2. The molecule has 0 radical (unpaired) electrons. The first-order valence-corrected chi connectivity index (χ1v) is 3.23. The molecule has 2 atom stereocenters. The van der Waals surface area contributed by atoms with Gasteiger partial charge in [0.25, 0.3) is 0 Å². The van der Waals surface area contributed by atoms with Crippen LogP contribution in [0, 0.1) is 0 Å². The smallest absolute Gasteiger partial charge is 0.0955 e. The maximum absolute atomic E-state index is 10.2. The van der Waals surface area contributed by atoms with Crippen molar-refractivity contribution in [2.24, 2.45) is 5.14 Å². The summed E-state index contributed by atoms with van der Waals surface area (Å²) in [6.45, 7) is 5.16. The van der Waals surface area contributed by atoms with Crippen LogP contribution in [0.25, 0.3) is 0 Å². The number of hydrogen-bond donors (Lipinski definition) is 1. The SMILES string of the molecule is C=CC(C)S(N)=O. The van der Waals surface area contributed by atoms with Crippen LogP contribution in [0.1, 0.15) is 6.92 Å². The van der Waals surface area contributed by atoms with E-state index in [0.29, 0.717) is 0 Å². The molecule has 42 valence electrons. The van der Waals surface area contributed by atoms with Gasteiger partial charge >= 0.3 is 0 Å². The molecular formula is C4H9NOS. The number of nitrogens with two attached hydrogens (primary N) is 1. The minimum Gasteiger partial charge on any atom is -0.251 e. The first kappa shape index (κ1) is 6.85. The van der Waals surface area contributed by atoms with E-state index in [1.54, 1.807) is 13.0 Å². The molecule has 0 heterocycles. The second-order valence-electron chi connectivity index (χ2n) is 1.27. The van der Waals surface area contributed by atoms with Crippen LogP contribution in [-0.2, 0) is 11.0 Å². The molecule has 2 N–H and O–H groups in total. The molecule has 7 heavy (non-hydrogen) atoms. The summed E-state index contributed by atoms with van der Waals surface area (Å²) in [5.74, 6) is 0. The van der Waals surface area contributed by atoms with Crippen molar-refractivity contribution in [3.8, 4) is 0 Å². The van der Waals surface area contributed by atoms with Crippen molar-refractivity contribution in [1.29, 1.82) is 0 Å². The highest BCUT2D eigenvalue weighted by molar-refractivity contribution is 7.83. The number of rotatable bonds is 2.